The van der Waals surface area contributed by atoms with Crippen LogP contribution in [0, 0.1) is 0 Å². The normalized spacial score (nSPS) is 14.9. The fourth-order valence-electron chi connectivity index (χ4n) is 2.93. The van der Waals surface area contributed by atoms with E-state index >= 15 is 0 Å². The summed E-state index contributed by atoms with van der Waals surface area (Å²) in [5, 5.41) is 2.24. The second-order valence-corrected chi connectivity index (χ2v) is 8.91. The van der Waals surface area contributed by atoms with Gasteiger partial charge < -0.3 is 8.85 Å². The molecule has 0 aliphatic carbocycles. The summed E-state index contributed by atoms with van der Waals surface area (Å²) in [5.41, 5.74) is 0. The van der Waals surface area contributed by atoms with Gasteiger partial charge in [0.1, 0.15) is 0 Å². The van der Waals surface area contributed by atoms with Crippen LogP contribution in [0.15, 0.2) is 85.0 Å². The topological polar surface area (TPSA) is 18.5 Å². The molecule has 2 atom stereocenters. The van der Waals surface area contributed by atoms with Gasteiger partial charge in [-0.2, -0.15) is 0 Å². The van der Waals surface area contributed by atoms with E-state index in [1.165, 1.54) is 0 Å². The van der Waals surface area contributed by atoms with Crippen molar-refractivity contribution in [2.45, 2.75) is 39.9 Å². The molecule has 2 aromatic carbocycles. The first-order valence-electron chi connectivity index (χ1n) is 8.84. The number of hydrogen-bond acceptors (Lipinski definition) is 2. The lowest BCUT2D eigenvalue weighted by Crippen LogP contribution is -2.65. The highest BCUT2D eigenvalue weighted by Gasteiger charge is 2.44. The molecular formula is C22H28O2Si. The van der Waals surface area contributed by atoms with Gasteiger partial charge in [-0.25, -0.2) is 0 Å². The van der Waals surface area contributed by atoms with Crippen molar-refractivity contribution < 1.29 is 8.85 Å². The highest BCUT2D eigenvalue weighted by molar-refractivity contribution is 6.92. The molecule has 0 aromatic heterocycles. The summed E-state index contributed by atoms with van der Waals surface area (Å²) < 4.78 is 13.3. The van der Waals surface area contributed by atoms with Crippen LogP contribution < -0.4 is 10.4 Å². The number of hydrogen-bond donors (Lipinski definition) is 0. The standard InChI is InChI=1S/C22H28O2Si/c1-5-13-19(3)23-25(24-20(4)14-6-2,21-15-9-7-10-16-21)22-17-11-8-12-18-22/h5-20H,1-4H3/b13-5+,14-6+. The second-order valence-electron chi connectivity index (χ2n) is 6.05. The Labute approximate surface area is 153 Å². The van der Waals surface area contributed by atoms with Crippen LogP contribution in [0.5, 0.6) is 0 Å². The minimum atomic E-state index is -2.85. The number of allylic oxidation sites excluding steroid dienone is 2. The van der Waals surface area contributed by atoms with Gasteiger partial charge in [0.05, 0.1) is 12.2 Å². The molecule has 0 fully saturated rings. The molecule has 0 heterocycles. The van der Waals surface area contributed by atoms with E-state index in [0.29, 0.717) is 0 Å². The Morgan fingerprint density at radius 3 is 1.36 bits per heavy atom. The Morgan fingerprint density at radius 2 is 1.04 bits per heavy atom. The molecule has 0 bridgehead atoms. The summed E-state index contributed by atoms with van der Waals surface area (Å²) in [6, 6.07) is 20.7. The van der Waals surface area contributed by atoms with Crippen LogP contribution in [-0.2, 0) is 8.85 Å². The first kappa shape index (κ1) is 19.4. The first-order chi connectivity index (χ1) is 12.1. The minimum Gasteiger partial charge on any atom is -0.381 e. The van der Waals surface area contributed by atoms with Gasteiger partial charge in [-0.05, 0) is 38.1 Å². The minimum absolute atomic E-state index is 0.0325. The van der Waals surface area contributed by atoms with E-state index in [2.05, 4.69) is 50.3 Å². The van der Waals surface area contributed by atoms with Crippen LogP contribution in [0.25, 0.3) is 0 Å². The van der Waals surface area contributed by atoms with Crippen LogP contribution in [-0.4, -0.2) is 20.8 Å². The van der Waals surface area contributed by atoms with Gasteiger partial charge >= 0.3 is 8.56 Å². The van der Waals surface area contributed by atoms with Crippen molar-refractivity contribution in [2.75, 3.05) is 0 Å². The summed E-state index contributed by atoms with van der Waals surface area (Å²) >= 11 is 0. The Morgan fingerprint density at radius 1 is 0.680 bits per heavy atom. The van der Waals surface area contributed by atoms with Gasteiger partial charge in [0.2, 0.25) is 0 Å². The van der Waals surface area contributed by atoms with Crippen LogP contribution in [0.2, 0.25) is 0 Å². The zero-order valence-corrected chi connectivity index (χ0v) is 16.6. The molecule has 0 aliphatic heterocycles. The van der Waals surface area contributed by atoms with Crippen molar-refractivity contribution >= 4 is 18.9 Å². The summed E-state index contributed by atoms with van der Waals surface area (Å²) in [5.74, 6) is 0. The molecule has 25 heavy (non-hydrogen) atoms. The van der Waals surface area contributed by atoms with Crippen molar-refractivity contribution in [3.8, 4) is 0 Å². The molecule has 0 spiro atoms. The van der Waals surface area contributed by atoms with Crippen molar-refractivity contribution in [3.05, 3.63) is 85.0 Å². The quantitative estimate of drug-likeness (QED) is 0.523. The third-order valence-electron chi connectivity index (χ3n) is 3.94. The molecule has 0 amide bonds. The fourth-order valence-corrected chi connectivity index (χ4v) is 6.33. The smallest absolute Gasteiger partial charge is 0.381 e. The maximum atomic E-state index is 6.66. The lowest BCUT2D eigenvalue weighted by atomic mass is 10.4. The Bertz CT molecular complexity index is 618. The van der Waals surface area contributed by atoms with Crippen LogP contribution in [0.1, 0.15) is 27.7 Å². The van der Waals surface area contributed by atoms with E-state index in [4.69, 9.17) is 8.85 Å². The molecule has 132 valence electrons. The van der Waals surface area contributed by atoms with E-state index < -0.39 is 8.56 Å². The second kappa shape index (κ2) is 9.52. The summed E-state index contributed by atoms with van der Waals surface area (Å²) in [7, 11) is -2.85. The largest absolute Gasteiger partial charge is 0.408 e. The Balaban J connectivity index is 2.59. The van der Waals surface area contributed by atoms with Gasteiger partial charge in [-0.3, -0.25) is 0 Å². The van der Waals surface area contributed by atoms with Crippen molar-refractivity contribution in [2.24, 2.45) is 0 Å². The number of rotatable bonds is 8. The third-order valence-corrected chi connectivity index (χ3v) is 7.53. The van der Waals surface area contributed by atoms with Gasteiger partial charge in [-0.15, -0.1) is 0 Å². The molecule has 0 saturated carbocycles. The monoisotopic (exact) mass is 352 g/mol. The van der Waals surface area contributed by atoms with E-state index in [-0.39, 0.29) is 12.2 Å². The average molecular weight is 353 g/mol. The van der Waals surface area contributed by atoms with E-state index in [9.17, 15) is 0 Å². The van der Waals surface area contributed by atoms with Crippen molar-refractivity contribution in [1.82, 2.24) is 0 Å². The predicted octanol–water partition coefficient (Wildman–Crippen LogP) is 4.21. The highest BCUT2D eigenvalue weighted by atomic mass is 28.4. The van der Waals surface area contributed by atoms with Crippen LogP contribution in [0.4, 0.5) is 0 Å². The SMILES string of the molecule is C/C=C/C(C)O[Si](OC(C)/C=C/C)(c1ccccc1)c1ccccc1. The highest BCUT2D eigenvalue weighted by Crippen LogP contribution is 2.16. The molecule has 0 saturated heterocycles. The lowest BCUT2D eigenvalue weighted by molar-refractivity contribution is 0.147. The van der Waals surface area contributed by atoms with Gasteiger partial charge in [0.25, 0.3) is 0 Å². The zero-order chi connectivity index (χ0) is 18.1. The van der Waals surface area contributed by atoms with Crippen molar-refractivity contribution in [3.63, 3.8) is 0 Å². The molecule has 3 heteroatoms. The molecule has 0 aliphatic rings. The zero-order valence-electron chi connectivity index (χ0n) is 15.6. The van der Waals surface area contributed by atoms with Gasteiger partial charge in [-0.1, -0.05) is 85.0 Å². The molecule has 0 radical (unpaired) electrons. The molecular weight excluding hydrogens is 324 g/mol. The summed E-state index contributed by atoms with van der Waals surface area (Å²) in [4.78, 5) is 0. The Hall–Kier alpha value is -1.94. The van der Waals surface area contributed by atoms with Gasteiger partial charge in [0.15, 0.2) is 0 Å². The van der Waals surface area contributed by atoms with Crippen LogP contribution in [0.3, 0.4) is 0 Å². The van der Waals surface area contributed by atoms with Gasteiger partial charge in [0, 0.05) is 0 Å². The van der Waals surface area contributed by atoms with Crippen molar-refractivity contribution in [1.29, 1.82) is 0 Å². The molecule has 2 unspecified atom stereocenters. The van der Waals surface area contributed by atoms with E-state index in [0.717, 1.165) is 10.4 Å². The maximum Gasteiger partial charge on any atom is 0.408 e. The average Bonchev–Trinajstić information content (AvgIpc) is 2.63. The van der Waals surface area contributed by atoms with E-state index in [1.54, 1.807) is 0 Å². The maximum absolute atomic E-state index is 6.66. The lowest BCUT2D eigenvalue weighted by Gasteiger charge is -2.35. The Kier molecular flexibility index (Phi) is 7.38. The summed E-state index contributed by atoms with van der Waals surface area (Å²) in [6.45, 7) is 8.16. The van der Waals surface area contributed by atoms with Crippen LogP contribution >= 0.6 is 0 Å². The molecule has 2 aromatic rings. The molecule has 2 rings (SSSR count). The fraction of sp³-hybridized carbons (Fsp3) is 0.273. The summed E-state index contributed by atoms with van der Waals surface area (Å²) in [6.07, 6.45) is 8.11. The predicted molar refractivity (Wildman–Crippen MR) is 109 cm³/mol. The molecule has 2 nitrogen and oxygen atoms in total. The third kappa shape index (κ3) is 5.02. The van der Waals surface area contributed by atoms with E-state index in [1.807, 2.05) is 62.4 Å². The first-order valence-corrected chi connectivity index (χ1v) is 10.7. The molecule has 0 N–H and O–H groups in total. The number of benzene rings is 2.